The molecule has 1 aliphatic rings. The second kappa shape index (κ2) is 6.93. The molecule has 1 saturated carbocycles. The van der Waals surface area contributed by atoms with E-state index in [-0.39, 0.29) is 0 Å². The Bertz CT molecular complexity index is 380. The van der Waals surface area contributed by atoms with Gasteiger partial charge in [0.05, 0.1) is 0 Å². The van der Waals surface area contributed by atoms with Gasteiger partial charge in [-0.2, -0.15) is 0 Å². The lowest BCUT2D eigenvalue weighted by Crippen LogP contribution is -2.35. The second-order valence-electron chi connectivity index (χ2n) is 6.00. The van der Waals surface area contributed by atoms with Gasteiger partial charge in [0.1, 0.15) is 0 Å². The summed E-state index contributed by atoms with van der Waals surface area (Å²) in [6, 6.07) is 9.64. The molecule has 1 aromatic rings. The highest BCUT2D eigenvalue weighted by molar-refractivity contribution is 14.1. The Balaban J connectivity index is 1.83. The molecule has 19 heavy (non-hydrogen) atoms. The van der Waals surface area contributed by atoms with Crippen molar-refractivity contribution in [3.05, 3.63) is 27.8 Å². The predicted octanol–water partition coefficient (Wildman–Crippen LogP) is 3.85. The number of anilines is 1. The van der Waals surface area contributed by atoms with Gasteiger partial charge < -0.3 is 9.80 Å². The van der Waals surface area contributed by atoms with E-state index >= 15 is 0 Å². The summed E-state index contributed by atoms with van der Waals surface area (Å²) in [5.41, 5.74) is 1.34. The van der Waals surface area contributed by atoms with E-state index in [1.807, 2.05) is 0 Å². The lowest BCUT2D eigenvalue weighted by atomic mass is 9.85. The Hall–Kier alpha value is -0.290. The minimum atomic E-state index is 0.805. The summed E-state index contributed by atoms with van der Waals surface area (Å²) >= 11 is 2.36. The number of benzene rings is 1. The van der Waals surface area contributed by atoms with Crippen LogP contribution in [0.2, 0.25) is 0 Å². The highest BCUT2D eigenvalue weighted by Gasteiger charge is 2.23. The van der Waals surface area contributed by atoms with Crippen molar-refractivity contribution in [3.63, 3.8) is 0 Å². The van der Waals surface area contributed by atoms with Crippen molar-refractivity contribution in [2.24, 2.45) is 5.92 Å². The zero-order chi connectivity index (χ0) is 13.8. The third kappa shape index (κ3) is 4.35. The molecule has 0 spiro atoms. The van der Waals surface area contributed by atoms with Crippen molar-refractivity contribution in [3.8, 4) is 0 Å². The zero-order valence-corrected chi connectivity index (χ0v) is 14.4. The molecular formula is C16H25IN2. The molecule has 0 aromatic heterocycles. The smallest absolute Gasteiger partial charge is 0.0364 e. The van der Waals surface area contributed by atoms with Crippen LogP contribution < -0.4 is 4.90 Å². The standard InChI is InChI=1S/C16H25IN2/c1-18(2)15-8-4-13(5-9-15)12-19(3)16-10-6-14(17)7-11-16/h6-7,10-11,13,15H,4-5,8-9,12H2,1-3H3/t13-,15-. The average molecular weight is 372 g/mol. The van der Waals surface area contributed by atoms with Gasteiger partial charge in [0, 0.05) is 28.9 Å². The molecular weight excluding hydrogens is 347 g/mol. The van der Waals surface area contributed by atoms with E-state index in [0.29, 0.717) is 0 Å². The molecule has 106 valence electrons. The van der Waals surface area contributed by atoms with Gasteiger partial charge in [0.15, 0.2) is 0 Å². The van der Waals surface area contributed by atoms with E-state index < -0.39 is 0 Å². The van der Waals surface area contributed by atoms with Crippen LogP contribution in [0.25, 0.3) is 0 Å². The molecule has 2 rings (SSSR count). The van der Waals surface area contributed by atoms with Gasteiger partial charge in [-0.25, -0.2) is 0 Å². The Labute approximate surface area is 131 Å². The first kappa shape index (κ1) is 15.1. The van der Waals surface area contributed by atoms with E-state index in [0.717, 1.165) is 12.0 Å². The molecule has 0 aliphatic heterocycles. The third-order valence-electron chi connectivity index (χ3n) is 4.35. The molecule has 0 radical (unpaired) electrons. The first-order chi connectivity index (χ1) is 9.06. The maximum Gasteiger partial charge on any atom is 0.0364 e. The van der Waals surface area contributed by atoms with Gasteiger partial charge in [0.25, 0.3) is 0 Å². The molecule has 2 nitrogen and oxygen atoms in total. The van der Waals surface area contributed by atoms with Crippen molar-refractivity contribution in [1.29, 1.82) is 0 Å². The largest absolute Gasteiger partial charge is 0.374 e. The fraction of sp³-hybridized carbons (Fsp3) is 0.625. The van der Waals surface area contributed by atoms with E-state index in [2.05, 4.69) is 77.8 Å². The third-order valence-corrected chi connectivity index (χ3v) is 5.07. The first-order valence-electron chi connectivity index (χ1n) is 7.19. The Morgan fingerprint density at radius 1 is 1.00 bits per heavy atom. The number of hydrogen-bond donors (Lipinski definition) is 0. The van der Waals surface area contributed by atoms with E-state index in [1.54, 1.807) is 0 Å². The van der Waals surface area contributed by atoms with Crippen molar-refractivity contribution < 1.29 is 0 Å². The second-order valence-corrected chi connectivity index (χ2v) is 7.24. The highest BCUT2D eigenvalue weighted by atomic mass is 127. The van der Waals surface area contributed by atoms with Crippen LogP contribution in [0, 0.1) is 9.49 Å². The van der Waals surface area contributed by atoms with Gasteiger partial charge in [-0.15, -0.1) is 0 Å². The summed E-state index contributed by atoms with van der Waals surface area (Å²) in [6.45, 7) is 1.20. The van der Waals surface area contributed by atoms with Crippen molar-refractivity contribution in [1.82, 2.24) is 4.90 Å². The molecule has 1 aliphatic carbocycles. The number of halogens is 1. The molecule has 0 unspecified atom stereocenters. The molecule has 0 atom stereocenters. The number of nitrogens with zero attached hydrogens (tertiary/aromatic N) is 2. The van der Waals surface area contributed by atoms with Crippen LogP contribution in [-0.4, -0.2) is 38.6 Å². The van der Waals surface area contributed by atoms with Gasteiger partial charge in [-0.05, 0) is 92.6 Å². The summed E-state index contributed by atoms with van der Waals surface area (Å²) in [5.74, 6) is 0.862. The molecule has 0 bridgehead atoms. The lowest BCUT2D eigenvalue weighted by molar-refractivity contribution is 0.195. The molecule has 1 aromatic carbocycles. The van der Waals surface area contributed by atoms with Crippen molar-refractivity contribution in [2.75, 3.05) is 32.6 Å². The Kier molecular flexibility index (Phi) is 5.51. The topological polar surface area (TPSA) is 6.48 Å². The lowest BCUT2D eigenvalue weighted by Gasteiger charge is -2.34. The average Bonchev–Trinajstić information content (AvgIpc) is 2.40. The van der Waals surface area contributed by atoms with Crippen molar-refractivity contribution >= 4 is 28.3 Å². The summed E-state index contributed by atoms with van der Waals surface area (Å²) in [6.07, 6.45) is 5.46. The van der Waals surface area contributed by atoms with Crippen LogP contribution in [0.15, 0.2) is 24.3 Å². The van der Waals surface area contributed by atoms with Gasteiger partial charge in [-0.1, -0.05) is 0 Å². The van der Waals surface area contributed by atoms with Crippen LogP contribution >= 0.6 is 22.6 Å². The Morgan fingerprint density at radius 2 is 1.58 bits per heavy atom. The minimum Gasteiger partial charge on any atom is -0.374 e. The summed E-state index contributed by atoms with van der Waals surface area (Å²) < 4.78 is 1.31. The Morgan fingerprint density at radius 3 is 2.11 bits per heavy atom. The van der Waals surface area contributed by atoms with Crippen LogP contribution in [0.3, 0.4) is 0 Å². The number of rotatable bonds is 4. The van der Waals surface area contributed by atoms with Gasteiger partial charge in [0.2, 0.25) is 0 Å². The fourth-order valence-corrected chi connectivity index (χ4v) is 3.39. The predicted molar refractivity (Wildman–Crippen MR) is 91.9 cm³/mol. The summed E-state index contributed by atoms with van der Waals surface area (Å²) in [5, 5.41) is 0. The molecule has 3 heteroatoms. The summed E-state index contributed by atoms with van der Waals surface area (Å²) in [7, 11) is 6.64. The van der Waals surface area contributed by atoms with E-state index in [4.69, 9.17) is 0 Å². The molecule has 0 heterocycles. The van der Waals surface area contributed by atoms with E-state index in [9.17, 15) is 0 Å². The number of hydrogen-bond acceptors (Lipinski definition) is 2. The minimum absolute atomic E-state index is 0.805. The maximum atomic E-state index is 2.41. The quantitative estimate of drug-likeness (QED) is 0.741. The molecule has 0 N–H and O–H groups in total. The monoisotopic (exact) mass is 372 g/mol. The normalized spacial score (nSPS) is 23.6. The van der Waals surface area contributed by atoms with E-state index in [1.165, 1.54) is 41.5 Å². The molecule has 0 saturated heterocycles. The molecule has 0 amide bonds. The molecule has 1 fully saturated rings. The van der Waals surface area contributed by atoms with Crippen LogP contribution in [-0.2, 0) is 0 Å². The first-order valence-corrected chi connectivity index (χ1v) is 8.27. The summed E-state index contributed by atoms with van der Waals surface area (Å²) in [4.78, 5) is 4.80. The van der Waals surface area contributed by atoms with Gasteiger partial charge >= 0.3 is 0 Å². The van der Waals surface area contributed by atoms with Crippen LogP contribution in [0.4, 0.5) is 5.69 Å². The van der Waals surface area contributed by atoms with Crippen molar-refractivity contribution in [2.45, 2.75) is 31.7 Å². The highest BCUT2D eigenvalue weighted by Crippen LogP contribution is 2.28. The van der Waals surface area contributed by atoms with Crippen LogP contribution in [0.5, 0.6) is 0 Å². The zero-order valence-electron chi connectivity index (χ0n) is 12.3. The SMILES string of the molecule is CN(C[C@H]1CC[C@H](N(C)C)CC1)c1ccc(I)cc1. The van der Waals surface area contributed by atoms with Crippen LogP contribution in [0.1, 0.15) is 25.7 Å². The fourth-order valence-electron chi connectivity index (χ4n) is 3.03. The van der Waals surface area contributed by atoms with Gasteiger partial charge in [-0.3, -0.25) is 0 Å². The maximum absolute atomic E-state index is 2.41.